The molecule has 0 aliphatic carbocycles. The standard InChI is InChI=1S/C23H34N4O2S/c1-4-5-8-24-23(30)27(10-9-26-11-13-29-14-12-26)16-19-15-20-17(2)6-7-18(3)21(20)25-22(19)28/h6-7,15H,4-5,8-14,16H2,1-3H3,(H,24,30)(H,25,28). The third-order valence-corrected chi connectivity index (χ3v) is 6.17. The number of morpholine rings is 1. The predicted molar refractivity (Wildman–Crippen MR) is 127 cm³/mol. The molecule has 2 N–H and O–H groups in total. The fourth-order valence-electron chi connectivity index (χ4n) is 3.76. The summed E-state index contributed by atoms with van der Waals surface area (Å²) in [6.45, 7) is 12.8. The van der Waals surface area contributed by atoms with E-state index in [1.165, 1.54) is 0 Å². The molecule has 3 rings (SSSR count). The fourth-order valence-corrected chi connectivity index (χ4v) is 4.02. The first-order valence-electron chi connectivity index (χ1n) is 10.9. The van der Waals surface area contributed by atoms with Gasteiger partial charge >= 0.3 is 0 Å². The topological polar surface area (TPSA) is 60.6 Å². The number of rotatable bonds is 8. The lowest BCUT2D eigenvalue weighted by molar-refractivity contribution is 0.0357. The maximum absolute atomic E-state index is 12.8. The maximum atomic E-state index is 12.8. The zero-order chi connectivity index (χ0) is 21.5. The molecule has 1 aromatic heterocycles. The highest BCUT2D eigenvalue weighted by Gasteiger charge is 2.17. The molecular weight excluding hydrogens is 396 g/mol. The number of hydrogen-bond donors (Lipinski definition) is 2. The van der Waals surface area contributed by atoms with E-state index in [9.17, 15) is 4.79 Å². The van der Waals surface area contributed by atoms with Crippen LogP contribution in [0.3, 0.4) is 0 Å². The highest BCUT2D eigenvalue weighted by atomic mass is 32.1. The van der Waals surface area contributed by atoms with Crippen molar-refractivity contribution in [2.24, 2.45) is 0 Å². The van der Waals surface area contributed by atoms with Crippen LogP contribution in [0.1, 0.15) is 36.5 Å². The van der Waals surface area contributed by atoms with Gasteiger partial charge in [0.2, 0.25) is 0 Å². The summed E-state index contributed by atoms with van der Waals surface area (Å²) in [5.74, 6) is 0. The van der Waals surface area contributed by atoms with Crippen LogP contribution < -0.4 is 10.9 Å². The van der Waals surface area contributed by atoms with E-state index in [-0.39, 0.29) is 5.56 Å². The number of nitrogens with one attached hydrogen (secondary N) is 2. The van der Waals surface area contributed by atoms with Gasteiger partial charge in [-0.1, -0.05) is 25.5 Å². The Balaban J connectivity index is 1.80. The molecule has 0 radical (unpaired) electrons. The molecule has 1 fully saturated rings. The summed E-state index contributed by atoms with van der Waals surface area (Å²) < 4.78 is 5.45. The highest BCUT2D eigenvalue weighted by molar-refractivity contribution is 7.80. The Kier molecular flexibility index (Phi) is 8.24. The molecule has 6 nitrogen and oxygen atoms in total. The lowest BCUT2D eigenvalue weighted by Crippen LogP contribution is -2.46. The van der Waals surface area contributed by atoms with Crippen LogP contribution in [0, 0.1) is 13.8 Å². The normalized spacial score (nSPS) is 14.8. The van der Waals surface area contributed by atoms with Crippen molar-refractivity contribution in [2.45, 2.75) is 40.2 Å². The Bertz CT molecular complexity index is 921. The molecule has 7 heteroatoms. The second kappa shape index (κ2) is 10.9. The van der Waals surface area contributed by atoms with Crippen molar-refractivity contribution < 1.29 is 4.74 Å². The number of nitrogens with zero attached hydrogens (tertiary/aromatic N) is 2. The Hall–Kier alpha value is -1.96. The minimum Gasteiger partial charge on any atom is -0.379 e. The molecular formula is C23H34N4O2S. The van der Waals surface area contributed by atoms with Crippen LogP contribution in [-0.2, 0) is 11.3 Å². The third kappa shape index (κ3) is 5.80. The molecule has 2 heterocycles. The van der Waals surface area contributed by atoms with Gasteiger partial charge in [0.15, 0.2) is 5.11 Å². The van der Waals surface area contributed by atoms with Gasteiger partial charge in [-0.2, -0.15) is 0 Å². The van der Waals surface area contributed by atoms with Gasteiger partial charge in [-0.05, 0) is 49.7 Å². The van der Waals surface area contributed by atoms with Gasteiger partial charge in [0, 0.05) is 43.7 Å². The van der Waals surface area contributed by atoms with Crippen molar-refractivity contribution in [3.63, 3.8) is 0 Å². The van der Waals surface area contributed by atoms with Crippen LogP contribution in [-0.4, -0.2) is 65.8 Å². The van der Waals surface area contributed by atoms with Gasteiger partial charge in [-0.15, -0.1) is 0 Å². The summed E-state index contributed by atoms with van der Waals surface area (Å²) >= 11 is 5.70. The van der Waals surface area contributed by atoms with E-state index in [0.717, 1.165) is 91.5 Å². The number of pyridine rings is 1. The quantitative estimate of drug-likeness (QED) is 0.496. The van der Waals surface area contributed by atoms with E-state index in [0.29, 0.717) is 6.54 Å². The second-order valence-electron chi connectivity index (χ2n) is 8.07. The molecule has 0 bridgehead atoms. The van der Waals surface area contributed by atoms with Gasteiger partial charge in [0.1, 0.15) is 0 Å². The summed E-state index contributed by atoms with van der Waals surface area (Å²) in [7, 11) is 0. The van der Waals surface area contributed by atoms with E-state index in [4.69, 9.17) is 17.0 Å². The zero-order valence-electron chi connectivity index (χ0n) is 18.4. The van der Waals surface area contributed by atoms with Crippen molar-refractivity contribution in [1.82, 2.24) is 20.1 Å². The number of unbranched alkanes of at least 4 members (excludes halogenated alkanes) is 1. The predicted octanol–water partition coefficient (Wildman–Crippen LogP) is 2.95. The molecule has 30 heavy (non-hydrogen) atoms. The van der Waals surface area contributed by atoms with E-state index in [2.05, 4.69) is 46.1 Å². The molecule has 0 spiro atoms. The number of ether oxygens (including phenoxy) is 1. The summed E-state index contributed by atoms with van der Waals surface area (Å²) in [5.41, 5.74) is 3.88. The largest absolute Gasteiger partial charge is 0.379 e. The van der Waals surface area contributed by atoms with Crippen LogP contribution in [0.2, 0.25) is 0 Å². The lowest BCUT2D eigenvalue weighted by atomic mass is 10.0. The molecule has 0 amide bonds. The number of aromatic amines is 1. The minimum atomic E-state index is -0.0380. The van der Waals surface area contributed by atoms with Gasteiger partial charge in [-0.25, -0.2) is 0 Å². The van der Waals surface area contributed by atoms with E-state index >= 15 is 0 Å². The first-order valence-corrected chi connectivity index (χ1v) is 11.4. The fraction of sp³-hybridized carbons (Fsp3) is 0.565. The Morgan fingerprint density at radius 1 is 1.27 bits per heavy atom. The number of H-pyrrole nitrogens is 1. The number of hydrogen-bond acceptors (Lipinski definition) is 4. The Morgan fingerprint density at radius 3 is 2.73 bits per heavy atom. The Labute approximate surface area is 184 Å². The third-order valence-electron chi connectivity index (χ3n) is 5.77. The smallest absolute Gasteiger partial charge is 0.253 e. The minimum absolute atomic E-state index is 0.0380. The molecule has 1 aliphatic rings. The first-order chi connectivity index (χ1) is 14.5. The van der Waals surface area contributed by atoms with Crippen LogP contribution >= 0.6 is 12.2 Å². The maximum Gasteiger partial charge on any atom is 0.253 e. The van der Waals surface area contributed by atoms with Gasteiger partial charge in [0.05, 0.1) is 25.3 Å². The van der Waals surface area contributed by atoms with Gasteiger partial charge < -0.3 is 19.9 Å². The van der Waals surface area contributed by atoms with Crippen molar-refractivity contribution in [3.05, 3.63) is 45.2 Å². The zero-order valence-corrected chi connectivity index (χ0v) is 19.2. The van der Waals surface area contributed by atoms with Crippen molar-refractivity contribution >= 4 is 28.2 Å². The molecule has 164 valence electrons. The molecule has 0 saturated carbocycles. The van der Waals surface area contributed by atoms with Crippen molar-refractivity contribution in [2.75, 3.05) is 45.9 Å². The highest BCUT2D eigenvalue weighted by Crippen LogP contribution is 2.20. The number of aromatic nitrogens is 1. The van der Waals surface area contributed by atoms with Crippen LogP contribution in [0.4, 0.5) is 0 Å². The number of benzene rings is 1. The number of aryl methyl sites for hydroxylation is 2. The van der Waals surface area contributed by atoms with Crippen LogP contribution in [0.15, 0.2) is 23.0 Å². The summed E-state index contributed by atoms with van der Waals surface area (Å²) in [4.78, 5) is 20.5. The molecule has 1 aromatic carbocycles. The molecule has 2 aromatic rings. The number of thiocarbonyl (C=S) groups is 1. The molecule has 1 saturated heterocycles. The van der Waals surface area contributed by atoms with Gasteiger partial charge in [-0.3, -0.25) is 9.69 Å². The molecule has 0 atom stereocenters. The lowest BCUT2D eigenvalue weighted by Gasteiger charge is -2.31. The van der Waals surface area contributed by atoms with E-state index < -0.39 is 0 Å². The SMILES string of the molecule is CCCCNC(=S)N(CCN1CCOCC1)Cc1cc2c(C)ccc(C)c2[nH]c1=O. The van der Waals surface area contributed by atoms with E-state index in [1.54, 1.807) is 0 Å². The van der Waals surface area contributed by atoms with Crippen molar-refractivity contribution in [1.29, 1.82) is 0 Å². The van der Waals surface area contributed by atoms with Crippen LogP contribution in [0.25, 0.3) is 10.9 Å². The van der Waals surface area contributed by atoms with Crippen LogP contribution in [0.5, 0.6) is 0 Å². The molecule has 0 unspecified atom stereocenters. The Morgan fingerprint density at radius 2 is 2.00 bits per heavy atom. The second-order valence-corrected chi connectivity index (χ2v) is 8.46. The van der Waals surface area contributed by atoms with Gasteiger partial charge in [0.25, 0.3) is 5.56 Å². The van der Waals surface area contributed by atoms with E-state index in [1.807, 2.05) is 13.0 Å². The monoisotopic (exact) mass is 430 g/mol. The summed E-state index contributed by atoms with van der Waals surface area (Å²) in [5, 5.41) is 5.19. The number of fused-ring (bicyclic) bond motifs is 1. The average Bonchev–Trinajstić information content (AvgIpc) is 2.75. The summed E-state index contributed by atoms with van der Waals surface area (Å²) in [6.07, 6.45) is 2.19. The summed E-state index contributed by atoms with van der Waals surface area (Å²) in [6, 6.07) is 6.19. The first kappa shape index (κ1) is 22.7. The molecule has 1 aliphatic heterocycles. The average molecular weight is 431 g/mol. The van der Waals surface area contributed by atoms with Crippen molar-refractivity contribution in [3.8, 4) is 0 Å².